The highest BCUT2D eigenvalue weighted by molar-refractivity contribution is 5.71. The molecule has 1 rings (SSSR count). The van der Waals surface area contributed by atoms with E-state index in [4.69, 9.17) is 15.4 Å². The second-order valence-corrected chi connectivity index (χ2v) is 2.80. The van der Waals surface area contributed by atoms with Gasteiger partial charge in [0.15, 0.2) is 0 Å². The minimum Gasteiger partial charge on any atom is -0.465 e. The fourth-order valence-electron chi connectivity index (χ4n) is 0.902. The normalized spacial score (nSPS) is 13.0. The minimum atomic E-state index is -0.887. The number of rotatable bonds is 3. The zero-order valence-electron chi connectivity index (χ0n) is 7.75. The van der Waals surface area contributed by atoms with Gasteiger partial charge < -0.3 is 10.2 Å². The highest BCUT2D eigenvalue weighted by atomic mass is 16.5. The van der Waals surface area contributed by atoms with E-state index in [1.807, 2.05) is 0 Å². The standard InChI is InChI=1S/C9H12N2O3/c1-7(11(13)9(10)12)4-5-8-3-2-6-14-8/h2-7,13H,1H3,(H2,10,12). The molecule has 0 spiro atoms. The maximum absolute atomic E-state index is 10.5. The van der Waals surface area contributed by atoms with Gasteiger partial charge in [-0.15, -0.1) is 0 Å². The van der Waals surface area contributed by atoms with Gasteiger partial charge in [-0.05, 0) is 25.1 Å². The maximum atomic E-state index is 10.5. The maximum Gasteiger partial charge on any atom is 0.339 e. The number of carbonyl (C=O) groups is 1. The Morgan fingerprint density at radius 2 is 2.50 bits per heavy atom. The van der Waals surface area contributed by atoms with Crippen molar-refractivity contribution in [1.29, 1.82) is 0 Å². The van der Waals surface area contributed by atoms with Crippen molar-refractivity contribution >= 4 is 12.1 Å². The number of furan rings is 1. The second-order valence-electron chi connectivity index (χ2n) is 2.80. The van der Waals surface area contributed by atoms with Crippen LogP contribution in [0, 0.1) is 0 Å². The molecule has 1 heterocycles. The van der Waals surface area contributed by atoms with Gasteiger partial charge in [0, 0.05) is 0 Å². The summed E-state index contributed by atoms with van der Waals surface area (Å²) in [7, 11) is 0. The SMILES string of the molecule is CC(C=Cc1ccco1)N(O)C(N)=O. The molecule has 1 aromatic heterocycles. The predicted octanol–water partition coefficient (Wildman–Crippen LogP) is 1.45. The fourth-order valence-corrected chi connectivity index (χ4v) is 0.902. The first-order valence-electron chi connectivity index (χ1n) is 4.10. The van der Waals surface area contributed by atoms with Crippen LogP contribution in [0.15, 0.2) is 28.9 Å². The van der Waals surface area contributed by atoms with Gasteiger partial charge in [0.1, 0.15) is 5.76 Å². The Morgan fingerprint density at radius 3 is 3.00 bits per heavy atom. The number of hydrogen-bond acceptors (Lipinski definition) is 3. The van der Waals surface area contributed by atoms with Gasteiger partial charge in [0.05, 0.1) is 12.3 Å². The number of carbonyl (C=O) groups excluding carboxylic acids is 1. The third-order valence-corrected chi connectivity index (χ3v) is 1.69. The number of nitrogens with zero attached hydrogens (tertiary/aromatic N) is 1. The van der Waals surface area contributed by atoms with E-state index < -0.39 is 12.1 Å². The lowest BCUT2D eigenvalue weighted by Gasteiger charge is -2.16. The molecular weight excluding hydrogens is 184 g/mol. The number of hydrogen-bond donors (Lipinski definition) is 2. The van der Waals surface area contributed by atoms with Crippen molar-refractivity contribution in [2.45, 2.75) is 13.0 Å². The largest absolute Gasteiger partial charge is 0.465 e. The molecule has 0 bridgehead atoms. The summed E-state index contributed by atoms with van der Waals surface area (Å²) in [5, 5.41) is 9.54. The van der Waals surface area contributed by atoms with Crippen LogP contribution in [-0.4, -0.2) is 22.3 Å². The quantitative estimate of drug-likeness (QED) is 0.567. The molecule has 5 nitrogen and oxygen atoms in total. The van der Waals surface area contributed by atoms with Crippen LogP contribution in [0.4, 0.5) is 4.79 Å². The van der Waals surface area contributed by atoms with Crippen LogP contribution in [0.3, 0.4) is 0 Å². The Hall–Kier alpha value is -1.75. The van der Waals surface area contributed by atoms with E-state index in [1.54, 1.807) is 31.2 Å². The molecule has 0 aliphatic carbocycles. The van der Waals surface area contributed by atoms with Gasteiger partial charge in [-0.3, -0.25) is 5.21 Å². The number of hydroxylamine groups is 2. The van der Waals surface area contributed by atoms with E-state index in [9.17, 15) is 4.79 Å². The first-order chi connectivity index (χ1) is 6.61. The number of urea groups is 1. The Morgan fingerprint density at radius 1 is 1.79 bits per heavy atom. The third kappa shape index (κ3) is 2.63. The average Bonchev–Trinajstić information content (AvgIpc) is 2.65. The first kappa shape index (κ1) is 10.3. The van der Waals surface area contributed by atoms with Crippen LogP contribution in [0.5, 0.6) is 0 Å². The smallest absolute Gasteiger partial charge is 0.339 e. The van der Waals surface area contributed by atoms with E-state index in [0.717, 1.165) is 0 Å². The lowest BCUT2D eigenvalue weighted by atomic mass is 10.3. The van der Waals surface area contributed by atoms with Gasteiger partial charge in [-0.2, -0.15) is 5.06 Å². The molecule has 0 aromatic carbocycles. The summed E-state index contributed by atoms with van der Waals surface area (Å²) < 4.78 is 5.02. The van der Waals surface area contributed by atoms with Crippen molar-refractivity contribution in [1.82, 2.24) is 5.06 Å². The monoisotopic (exact) mass is 196 g/mol. The van der Waals surface area contributed by atoms with E-state index in [-0.39, 0.29) is 0 Å². The summed E-state index contributed by atoms with van der Waals surface area (Å²) in [5.41, 5.74) is 4.87. The summed E-state index contributed by atoms with van der Waals surface area (Å²) in [4.78, 5) is 10.5. The number of amides is 2. The van der Waals surface area contributed by atoms with Gasteiger partial charge in [0.2, 0.25) is 0 Å². The summed E-state index contributed by atoms with van der Waals surface area (Å²) in [6.07, 6.45) is 4.79. The van der Waals surface area contributed by atoms with E-state index >= 15 is 0 Å². The highest BCUT2D eigenvalue weighted by Crippen LogP contribution is 2.05. The Balaban J connectivity index is 2.56. The number of nitrogens with two attached hydrogens (primary N) is 1. The zero-order chi connectivity index (χ0) is 10.6. The number of primary amides is 1. The zero-order valence-corrected chi connectivity index (χ0v) is 7.75. The Kier molecular flexibility index (Phi) is 3.30. The second kappa shape index (κ2) is 4.48. The highest BCUT2D eigenvalue weighted by Gasteiger charge is 2.11. The molecule has 1 atom stereocenters. The lowest BCUT2D eigenvalue weighted by Crippen LogP contribution is -2.38. The van der Waals surface area contributed by atoms with Crippen molar-refractivity contribution in [3.05, 3.63) is 30.2 Å². The summed E-state index contributed by atoms with van der Waals surface area (Å²) in [5.74, 6) is 0.648. The molecule has 3 N–H and O–H groups in total. The van der Waals surface area contributed by atoms with Crippen LogP contribution >= 0.6 is 0 Å². The molecule has 76 valence electrons. The Bertz CT molecular complexity index is 319. The molecule has 1 unspecified atom stereocenters. The van der Waals surface area contributed by atoms with Crippen LogP contribution in [0.2, 0.25) is 0 Å². The van der Waals surface area contributed by atoms with E-state index in [0.29, 0.717) is 10.8 Å². The van der Waals surface area contributed by atoms with Crippen molar-refractivity contribution in [3.63, 3.8) is 0 Å². The fraction of sp³-hybridized carbons (Fsp3) is 0.222. The molecule has 0 saturated heterocycles. The first-order valence-corrected chi connectivity index (χ1v) is 4.10. The molecule has 0 radical (unpaired) electrons. The van der Waals surface area contributed by atoms with Crippen LogP contribution in [-0.2, 0) is 0 Å². The molecule has 5 heteroatoms. The summed E-state index contributed by atoms with van der Waals surface area (Å²) in [6.45, 7) is 1.63. The van der Waals surface area contributed by atoms with E-state index in [1.165, 1.54) is 6.26 Å². The molecule has 1 aromatic rings. The molecule has 2 amide bonds. The van der Waals surface area contributed by atoms with Crippen molar-refractivity contribution < 1.29 is 14.4 Å². The molecule has 0 saturated carbocycles. The molecular formula is C9H12N2O3. The molecule has 0 aliphatic heterocycles. The lowest BCUT2D eigenvalue weighted by molar-refractivity contribution is -0.0560. The molecule has 0 aliphatic rings. The predicted molar refractivity (Wildman–Crippen MR) is 50.4 cm³/mol. The van der Waals surface area contributed by atoms with Gasteiger partial charge >= 0.3 is 6.03 Å². The van der Waals surface area contributed by atoms with Gasteiger partial charge in [0.25, 0.3) is 0 Å². The summed E-state index contributed by atoms with van der Waals surface area (Å²) in [6, 6.07) is 2.13. The minimum absolute atomic E-state index is 0.444. The van der Waals surface area contributed by atoms with Crippen molar-refractivity contribution in [2.75, 3.05) is 0 Å². The average molecular weight is 196 g/mol. The van der Waals surface area contributed by atoms with Crippen molar-refractivity contribution in [2.24, 2.45) is 5.73 Å². The van der Waals surface area contributed by atoms with Gasteiger partial charge in [-0.1, -0.05) is 6.08 Å². The van der Waals surface area contributed by atoms with Crippen LogP contribution < -0.4 is 5.73 Å². The van der Waals surface area contributed by atoms with Crippen LogP contribution in [0.25, 0.3) is 6.08 Å². The Labute approximate surface area is 81.4 Å². The van der Waals surface area contributed by atoms with Crippen molar-refractivity contribution in [3.8, 4) is 0 Å². The molecule has 14 heavy (non-hydrogen) atoms. The third-order valence-electron chi connectivity index (χ3n) is 1.69. The summed E-state index contributed by atoms with van der Waals surface area (Å²) >= 11 is 0. The molecule has 0 fully saturated rings. The van der Waals surface area contributed by atoms with E-state index in [2.05, 4.69) is 0 Å². The topological polar surface area (TPSA) is 79.7 Å². The van der Waals surface area contributed by atoms with Gasteiger partial charge in [-0.25, -0.2) is 4.79 Å². The van der Waals surface area contributed by atoms with Crippen LogP contribution in [0.1, 0.15) is 12.7 Å².